The van der Waals surface area contributed by atoms with Crippen LogP contribution in [0.5, 0.6) is 0 Å². The van der Waals surface area contributed by atoms with Crippen LogP contribution in [-0.4, -0.2) is 205 Å². The van der Waals surface area contributed by atoms with Gasteiger partial charge in [-0.3, -0.25) is 14.7 Å². The molecule has 0 aromatic carbocycles. The van der Waals surface area contributed by atoms with E-state index in [1.165, 1.54) is 251 Å². The Morgan fingerprint density at radius 2 is 0.646 bits per heavy atom. The largest absolute Gasteiger partial charge is 0.381 e. The van der Waals surface area contributed by atoms with E-state index in [4.69, 9.17) is 14.2 Å². The minimum atomic E-state index is 0.329. The van der Waals surface area contributed by atoms with Gasteiger partial charge in [0.15, 0.2) is 0 Å². The van der Waals surface area contributed by atoms with Crippen molar-refractivity contribution in [2.24, 2.45) is 185 Å². The van der Waals surface area contributed by atoms with Crippen molar-refractivity contribution in [3.63, 3.8) is 0 Å². The molecular weight excluding hydrogens is 1760 g/mol. The standard InChI is InChI=1S/3C12H23N.2C12H22.2C11H21N.C11H20O.C11H20.C10H19NO.C10H19N.C10H18O/c1-12(2,3)9-7-10-5-6-11(8-9)13(10)4;1-12(2,3)11-7-10-6-5-9(11)8-13(10)4;1-12(2,3)11-9-5-6-10(11)8-13(4)7-9;1-12(2,3)8-11-7-9-4-5-10(11)6-9;1-12(2,3)11-7-9-4-5-10(6-9)8-11;1-11(2,3)9-7-8-5-6-10(9)12(8)4;1-11(2,3)12-8-9-4-6-10(12)7-5-9;1-11(2,3)10-8-4-5-9(10)7-12-6-8;1-11(2,3)10-7-8-4-5-9(10)6-8;1-10(2,3)11-8-4-5-9(11)7-12-6-8;1-10(2,3)11-6-8-4-9(5-8)7-11;1-10(2,3)8-6-7-4-5-9(8)11-7/h3*9-11H,5-8H2,1-4H3;2*9-11H,4-8H2,1-3H3;8-10H,5-7H2,1-4H3;9-10H,4-8H2,1-3H3;8-10H,4-7H2,1-3H3;8-10H,4-7H2,1-3H3;8-9H,4-7H2,1-3H3;8-9H,4-7H2,1-3H3;7-9H,4-6H2,1-3H3. The zero-order chi connectivity index (χ0) is 106. The second kappa shape index (κ2) is 48.2. The fourth-order valence-corrected chi connectivity index (χ4v) is 37.4. The molecule has 25 unspecified atom stereocenters. The van der Waals surface area contributed by atoms with E-state index in [9.17, 15) is 0 Å². The summed E-state index contributed by atoms with van der Waals surface area (Å²) in [6.07, 6.45) is 58.6. The van der Waals surface area contributed by atoms with E-state index >= 15 is 0 Å². The maximum atomic E-state index is 5.81. The molecule has 840 valence electrons. The van der Waals surface area contributed by atoms with Gasteiger partial charge in [-0.15, -0.1) is 0 Å². The summed E-state index contributed by atoms with van der Waals surface area (Å²) < 4.78 is 16.9. The number of hydrogen-bond donors (Lipinski definition) is 0. The van der Waals surface area contributed by atoms with E-state index in [0.717, 1.165) is 199 Å². The van der Waals surface area contributed by atoms with Crippen molar-refractivity contribution in [2.45, 2.75) is 577 Å². The summed E-state index contributed by atoms with van der Waals surface area (Å²) in [6, 6.07) is 6.83. The Bertz CT molecular complexity index is 3620. The third-order valence-electron chi connectivity index (χ3n) is 44.9. The average Bonchev–Trinajstić information content (AvgIpc) is 1.59. The number of rotatable bonds is 1. The zero-order valence-corrected chi connectivity index (χ0v) is 104. The van der Waals surface area contributed by atoms with Crippen LogP contribution < -0.4 is 0 Å². The van der Waals surface area contributed by atoms with Gasteiger partial charge < -0.3 is 33.8 Å². The van der Waals surface area contributed by atoms with Gasteiger partial charge in [0.25, 0.3) is 0 Å². The van der Waals surface area contributed by atoms with E-state index in [2.05, 4.69) is 312 Å². The quantitative estimate of drug-likeness (QED) is 0.254. The molecule has 16 heterocycles. The minimum absolute atomic E-state index is 0.329. The molecule has 0 spiro atoms. The van der Waals surface area contributed by atoms with E-state index in [0.29, 0.717) is 89.6 Å². The van der Waals surface area contributed by atoms with Crippen molar-refractivity contribution >= 4 is 0 Å². The molecule has 27 rings (SSSR count). The third-order valence-corrected chi connectivity index (χ3v) is 44.9. The summed E-state index contributed by atoms with van der Waals surface area (Å²) in [5, 5.41) is 0. The van der Waals surface area contributed by atoms with Crippen LogP contribution in [0, 0.1) is 185 Å². The van der Waals surface area contributed by atoms with Gasteiger partial charge in [0, 0.05) is 117 Å². The number of morpholine rings is 1. The molecule has 0 N–H and O–H groups in total. The first-order chi connectivity index (χ1) is 66.5. The van der Waals surface area contributed by atoms with Gasteiger partial charge in [0.05, 0.1) is 25.4 Å². The molecule has 0 radical (unpaired) electrons. The average molecular weight is 2010 g/mol. The highest BCUT2D eigenvalue weighted by Gasteiger charge is 2.55. The molecule has 11 saturated carbocycles. The van der Waals surface area contributed by atoms with Gasteiger partial charge in [0.1, 0.15) is 0 Å². The van der Waals surface area contributed by atoms with Crippen LogP contribution in [0.1, 0.15) is 500 Å². The molecule has 144 heavy (non-hydrogen) atoms. The number of piperidine rings is 8. The van der Waals surface area contributed by atoms with E-state index in [-0.39, 0.29) is 0 Å². The van der Waals surface area contributed by atoms with Crippen molar-refractivity contribution in [3.8, 4) is 0 Å². The molecule has 16 aliphatic heterocycles. The lowest BCUT2D eigenvalue weighted by Crippen LogP contribution is -2.56. The number of fused-ring (bicyclic) bond motifs is 26. The smallest absolute Gasteiger partial charge is 0.0622 e. The first-order valence-corrected chi connectivity index (χ1v) is 63.4. The van der Waals surface area contributed by atoms with Gasteiger partial charge in [-0.2, -0.15) is 0 Å². The number of hydrogen-bond acceptors (Lipinski definition) is 10. The molecule has 10 heteroatoms. The number of ether oxygens (including phenoxy) is 3. The zero-order valence-electron chi connectivity index (χ0n) is 104. The van der Waals surface area contributed by atoms with Gasteiger partial charge in [0.2, 0.25) is 0 Å². The van der Waals surface area contributed by atoms with Crippen molar-refractivity contribution < 1.29 is 14.2 Å². The Kier molecular flexibility index (Phi) is 40.4. The predicted octanol–water partition coefficient (Wildman–Crippen LogP) is 33.7. The van der Waals surface area contributed by atoms with Gasteiger partial charge in [-0.25, -0.2) is 0 Å². The Hall–Kier alpha value is -0.400. The third kappa shape index (κ3) is 32.3. The van der Waals surface area contributed by atoms with E-state index in [1.54, 1.807) is 38.5 Å². The normalized spacial score (nSPS) is 40.8. The first-order valence-electron chi connectivity index (χ1n) is 63.4. The van der Waals surface area contributed by atoms with Gasteiger partial charge in [-0.05, 0) is 500 Å². The summed E-state index contributed by atoms with van der Waals surface area (Å²) in [7, 11) is 9.22. The summed E-state index contributed by atoms with van der Waals surface area (Å²) in [6.45, 7) is 97.8. The summed E-state index contributed by atoms with van der Waals surface area (Å²) >= 11 is 0. The number of likely N-dealkylation sites (tertiary alicyclic amines) is 1. The van der Waals surface area contributed by atoms with Crippen LogP contribution in [0.3, 0.4) is 0 Å². The fourth-order valence-electron chi connectivity index (χ4n) is 37.4. The lowest BCUT2D eigenvalue weighted by atomic mass is 9.62. The summed E-state index contributed by atoms with van der Waals surface area (Å²) in [5.74, 6) is 23.2. The first kappa shape index (κ1) is 121. The van der Waals surface area contributed by atoms with Crippen molar-refractivity contribution in [1.82, 2.24) is 34.3 Å². The molecule has 10 nitrogen and oxygen atoms in total. The van der Waals surface area contributed by atoms with E-state index in [1.807, 2.05) is 0 Å². The van der Waals surface area contributed by atoms with Crippen molar-refractivity contribution in [2.75, 3.05) is 93.9 Å². The van der Waals surface area contributed by atoms with Crippen LogP contribution >= 0.6 is 0 Å². The molecular formula is C134H251N7O3. The second-order valence-electron chi connectivity index (χ2n) is 68.4. The molecule has 27 aliphatic rings. The van der Waals surface area contributed by atoms with Crippen LogP contribution in [0.15, 0.2) is 0 Å². The predicted molar refractivity (Wildman–Crippen MR) is 621 cm³/mol. The Morgan fingerprint density at radius 3 is 0.972 bits per heavy atom. The van der Waals surface area contributed by atoms with Crippen molar-refractivity contribution in [3.05, 3.63) is 0 Å². The van der Waals surface area contributed by atoms with Gasteiger partial charge >= 0.3 is 0 Å². The molecule has 25 atom stereocenters. The lowest BCUT2D eigenvalue weighted by Gasteiger charge is -2.52. The molecule has 11 aliphatic carbocycles. The lowest BCUT2D eigenvalue weighted by molar-refractivity contribution is -0.0565. The van der Waals surface area contributed by atoms with Crippen LogP contribution in [0.2, 0.25) is 0 Å². The Balaban J connectivity index is 0.000000132. The fraction of sp³-hybridized carbons (Fsp3) is 1.00. The minimum Gasteiger partial charge on any atom is -0.381 e. The molecule has 24 bridgehead atoms. The highest BCUT2D eigenvalue weighted by Crippen LogP contribution is 2.59. The molecule has 0 aromatic heterocycles. The molecule has 0 amide bonds. The second-order valence-corrected chi connectivity index (χ2v) is 68.4. The van der Waals surface area contributed by atoms with Crippen LogP contribution in [0.4, 0.5) is 0 Å². The molecule has 27 fully saturated rings. The molecule has 0 aromatic rings. The van der Waals surface area contributed by atoms with Gasteiger partial charge in [-0.1, -0.05) is 213 Å². The van der Waals surface area contributed by atoms with Crippen molar-refractivity contribution in [1.29, 1.82) is 0 Å². The summed E-state index contributed by atoms with van der Waals surface area (Å²) in [5.41, 5.74) is 5.94. The number of nitrogens with zero attached hydrogens (tertiary/aromatic N) is 7. The highest BCUT2D eigenvalue weighted by atomic mass is 16.5. The maximum absolute atomic E-state index is 5.81. The Morgan fingerprint density at radius 1 is 0.243 bits per heavy atom. The molecule has 16 saturated heterocycles. The highest BCUT2D eigenvalue weighted by molar-refractivity contribution is 5.07. The summed E-state index contributed by atoms with van der Waals surface area (Å²) in [4.78, 5) is 18.4. The SMILES string of the molecule is CC(C)(C)C1C2CCC1COC2.CC(C)(C)C1CC2CCC(C2)C1.CC(C)(C)C1CC2CCC1C2.CC(C)(C)C1CC2CCC1O2.CC(C)(C)CC1CC2CCC1C2.CC(C)(C)N1C2CCC1COC2.CC(C)(C)N1CC2CC(C2)C1.CC(C)(C)N1CC2CCC1CC2.CN1C2CCC1C(C(C)(C)C)C2.CN1C2CCC1CC(C(C)(C)C)C2.CN1CC2CCC(C1)C2C(C)(C)C.CN1CC2CCC1CC2C(C)(C)C. The maximum Gasteiger partial charge on any atom is 0.0622 e. The topological polar surface area (TPSA) is 50.4 Å². The van der Waals surface area contributed by atoms with Crippen LogP contribution in [-0.2, 0) is 14.2 Å². The Labute approximate surface area is 898 Å². The van der Waals surface area contributed by atoms with Crippen LogP contribution in [0.25, 0.3) is 0 Å². The van der Waals surface area contributed by atoms with E-state index < -0.39 is 0 Å². The monoisotopic (exact) mass is 2010 g/mol.